The van der Waals surface area contributed by atoms with Crippen molar-refractivity contribution < 1.29 is 14.3 Å². The lowest BCUT2D eigenvalue weighted by atomic mass is 9.63. The molecule has 1 N–H and O–H groups in total. The van der Waals surface area contributed by atoms with Crippen LogP contribution in [0.5, 0.6) is 0 Å². The largest absolute Gasteiger partial charge is 0.378 e. The van der Waals surface area contributed by atoms with Gasteiger partial charge in [-0.2, -0.15) is 0 Å². The molecule has 3 atom stereocenters. The normalized spacial score (nSPS) is 33.6. The molecule has 0 radical (unpaired) electrons. The van der Waals surface area contributed by atoms with E-state index in [0.29, 0.717) is 13.2 Å². The Bertz CT molecular complexity index is 327. The maximum absolute atomic E-state index is 12.4. The van der Waals surface area contributed by atoms with Crippen molar-refractivity contribution in [3.63, 3.8) is 0 Å². The fraction of sp³-hybridized carbons (Fsp3) is 0.929. The van der Waals surface area contributed by atoms with Crippen LogP contribution < -0.4 is 5.32 Å². The molecule has 3 unspecified atom stereocenters. The fourth-order valence-electron chi connectivity index (χ4n) is 3.11. The maximum atomic E-state index is 12.4. The van der Waals surface area contributed by atoms with Crippen LogP contribution in [0.1, 0.15) is 27.2 Å². The topological polar surface area (TPSA) is 50.8 Å². The van der Waals surface area contributed by atoms with E-state index in [1.165, 1.54) is 0 Å². The molecule has 1 amide bonds. The average molecular weight is 270 g/mol. The third-order valence-electron chi connectivity index (χ3n) is 4.51. The lowest BCUT2D eigenvalue weighted by molar-refractivity contribution is -0.172. The summed E-state index contributed by atoms with van der Waals surface area (Å²) in [5.74, 6) is 0.0835. The van der Waals surface area contributed by atoms with Crippen LogP contribution in [-0.2, 0) is 14.3 Å². The van der Waals surface area contributed by atoms with Crippen molar-refractivity contribution in [3.8, 4) is 0 Å². The van der Waals surface area contributed by atoms with Crippen molar-refractivity contribution in [2.75, 3.05) is 33.4 Å². The zero-order valence-corrected chi connectivity index (χ0v) is 12.4. The monoisotopic (exact) mass is 270 g/mol. The van der Waals surface area contributed by atoms with Crippen LogP contribution in [0.15, 0.2) is 0 Å². The Kier molecular flexibility index (Phi) is 4.48. The Morgan fingerprint density at radius 2 is 2.26 bits per heavy atom. The molecule has 0 aromatic heterocycles. The third-order valence-corrected chi connectivity index (χ3v) is 4.51. The molecule has 0 aromatic carbocycles. The average Bonchev–Trinajstić information content (AvgIpc) is 2.42. The predicted octanol–water partition coefficient (Wildman–Crippen LogP) is 0.637. The number of nitrogens with zero attached hydrogens (tertiary/aromatic N) is 1. The van der Waals surface area contributed by atoms with E-state index < -0.39 is 0 Å². The van der Waals surface area contributed by atoms with E-state index >= 15 is 0 Å². The summed E-state index contributed by atoms with van der Waals surface area (Å²) in [6.07, 6.45) is 0.840. The van der Waals surface area contributed by atoms with Crippen molar-refractivity contribution in [3.05, 3.63) is 0 Å². The molecule has 0 spiro atoms. The van der Waals surface area contributed by atoms with E-state index in [1.54, 1.807) is 0 Å². The minimum atomic E-state index is -0.333. The van der Waals surface area contributed by atoms with Gasteiger partial charge in [-0.3, -0.25) is 4.79 Å². The molecule has 5 nitrogen and oxygen atoms in total. The van der Waals surface area contributed by atoms with Gasteiger partial charge < -0.3 is 19.7 Å². The second kappa shape index (κ2) is 5.77. The number of nitrogens with one attached hydrogen (secondary N) is 1. The summed E-state index contributed by atoms with van der Waals surface area (Å²) in [5.41, 5.74) is 0.0164. The van der Waals surface area contributed by atoms with Crippen LogP contribution >= 0.6 is 0 Å². The van der Waals surface area contributed by atoms with Gasteiger partial charge in [-0.1, -0.05) is 13.8 Å². The van der Waals surface area contributed by atoms with Crippen molar-refractivity contribution in [1.29, 1.82) is 0 Å². The molecule has 2 rings (SSSR count). The number of morpholine rings is 1. The Morgan fingerprint density at radius 1 is 1.53 bits per heavy atom. The van der Waals surface area contributed by atoms with Gasteiger partial charge in [0.15, 0.2) is 0 Å². The summed E-state index contributed by atoms with van der Waals surface area (Å²) in [6, 6.07) is 0.238. The molecule has 19 heavy (non-hydrogen) atoms. The molecule has 2 fully saturated rings. The standard InChI is InChI=1S/C14H26N2O3/c1-5-18-12-8-11(14(12,2)3)16(4)13(17)10-9-15-6-7-19-10/h10-12,15H,5-9H2,1-4H3. The van der Waals surface area contributed by atoms with Gasteiger partial charge in [0.25, 0.3) is 5.91 Å². The predicted molar refractivity (Wildman–Crippen MR) is 73.0 cm³/mol. The van der Waals surface area contributed by atoms with Crippen molar-refractivity contribution >= 4 is 5.91 Å². The van der Waals surface area contributed by atoms with E-state index in [-0.39, 0.29) is 29.6 Å². The number of rotatable bonds is 4. The highest BCUT2D eigenvalue weighted by molar-refractivity contribution is 5.81. The minimum Gasteiger partial charge on any atom is -0.378 e. The number of hydrogen-bond donors (Lipinski definition) is 1. The molecule has 110 valence electrons. The Morgan fingerprint density at radius 3 is 2.79 bits per heavy atom. The fourth-order valence-corrected chi connectivity index (χ4v) is 3.11. The smallest absolute Gasteiger partial charge is 0.253 e. The second-order valence-corrected chi connectivity index (χ2v) is 6.03. The van der Waals surface area contributed by atoms with Gasteiger partial charge in [-0.05, 0) is 13.3 Å². The maximum Gasteiger partial charge on any atom is 0.253 e. The first kappa shape index (κ1) is 14.8. The van der Waals surface area contributed by atoms with Crippen LogP contribution in [0.3, 0.4) is 0 Å². The first-order chi connectivity index (χ1) is 8.98. The minimum absolute atomic E-state index is 0.0164. The van der Waals surface area contributed by atoms with Crippen molar-refractivity contribution in [2.24, 2.45) is 5.41 Å². The first-order valence-corrected chi connectivity index (χ1v) is 7.19. The van der Waals surface area contributed by atoms with Crippen LogP contribution in [0.4, 0.5) is 0 Å². The lowest BCUT2D eigenvalue weighted by Crippen LogP contribution is -2.64. The number of amides is 1. The van der Waals surface area contributed by atoms with Gasteiger partial charge in [-0.25, -0.2) is 0 Å². The Balaban J connectivity index is 1.93. The molecule has 1 aliphatic carbocycles. The zero-order valence-electron chi connectivity index (χ0n) is 12.4. The van der Waals surface area contributed by atoms with Gasteiger partial charge in [0.05, 0.1) is 12.7 Å². The van der Waals surface area contributed by atoms with E-state index in [1.807, 2.05) is 18.9 Å². The van der Waals surface area contributed by atoms with E-state index in [2.05, 4.69) is 19.2 Å². The summed E-state index contributed by atoms with van der Waals surface area (Å²) in [7, 11) is 1.88. The van der Waals surface area contributed by atoms with E-state index in [0.717, 1.165) is 19.6 Å². The van der Waals surface area contributed by atoms with E-state index in [4.69, 9.17) is 9.47 Å². The quantitative estimate of drug-likeness (QED) is 0.814. The molecule has 0 bridgehead atoms. The summed E-state index contributed by atoms with van der Waals surface area (Å²) < 4.78 is 11.3. The van der Waals surface area contributed by atoms with Gasteiger partial charge in [0.1, 0.15) is 6.10 Å². The lowest BCUT2D eigenvalue weighted by Gasteiger charge is -2.55. The summed E-state index contributed by atoms with van der Waals surface area (Å²) >= 11 is 0. The number of ether oxygens (including phenoxy) is 2. The first-order valence-electron chi connectivity index (χ1n) is 7.19. The number of likely N-dealkylation sites (N-methyl/N-ethyl adjacent to an activating group) is 1. The highest BCUT2D eigenvalue weighted by atomic mass is 16.5. The number of hydrogen-bond acceptors (Lipinski definition) is 4. The zero-order chi connectivity index (χ0) is 14.0. The van der Waals surface area contributed by atoms with Gasteiger partial charge >= 0.3 is 0 Å². The summed E-state index contributed by atoms with van der Waals surface area (Å²) in [4.78, 5) is 14.3. The SMILES string of the molecule is CCOC1CC(N(C)C(=O)C2CNCCO2)C1(C)C. The molecule has 1 heterocycles. The summed E-state index contributed by atoms with van der Waals surface area (Å²) in [5, 5.41) is 3.20. The van der Waals surface area contributed by atoms with Crippen LogP contribution in [0, 0.1) is 5.41 Å². The summed E-state index contributed by atoms with van der Waals surface area (Å²) in [6.45, 7) is 9.14. The van der Waals surface area contributed by atoms with Crippen LogP contribution in [-0.4, -0.2) is 62.4 Å². The molecule has 1 aliphatic heterocycles. The van der Waals surface area contributed by atoms with Gasteiger partial charge in [0.2, 0.25) is 0 Å². The van der Waals surface area contributed by atoms with Gasteiger partial charge in [0, 0.05) is 38.2 Å². The molecule has 2 aliphatic rings. The van der Waals surface area contributed by atoms with Crippen LogP contribution in [0.2, 0.25) is 0 Å². The molecule has 1 saturated heterocycles. The molecular weight excluding hydrogens is 244 g/mol. The molecule has 0 aromatic rings. The molecule has 5 heteroatoms. The highest BCUT2D eigenvalue weighted by Crippen LogP contribution is 2.45. The number of carbonyl (C=O) groups excluding carboxylic acids is 1. The van der Waals surface area contributed by atoms with Crippen molar-refractivity contribution in [1.82, 2.24) is 10.2 Å². The molecule has 1 saturated carbocycles. The third kappa shape index (κ3) is 2.78. The second-order valence-electron chi connectivity index (χ2n) is 6.03. The van der Waals surface area contributed by atoms with Crippen molar-refractivity contribution in [2.45, 2.75) is 45.4 Å². The number of carbonyl (C=O) groups is 1. The van der Waals surface area contributed by atoms with E-state index in [9.17, 15) is 4.79 Å². The van der Waals surface area contributed by atoms with Gasteiger partial charge in [-0.15, -0.1) is 0 Å². The molecular formula is C14H26N2O3. The Hall–Kier alpha value is -0.650. The Labute approximate surface area is 115 Å². The highest BCUT2D eigenvalue weighted by Gasteiger charge is 2.52. The van der Waals surface area contributed by atoms with Crippen LogP contribution in [0.25, 0.3) is 0 Å².